The highest BCUT2D eigenvalue weighted by molar-refractivity contribution is 7.92. The molecular formula is C31H35Cl2N3O4S. The summed E-state index contributed by atoms with van der Waals surface area (Å²) in [4.78, 5) is 29.2. The Labute approximate surface area is 252 Å². The number of hydrogen-bond donors (Lipinski definition) is 1. The number of carbonyl (C=O) groups excluding carboxylic acids is 2. The lowest BCUT2D eigenvalue weighted by Gasteiger charge is -2.34. The van der Waals surface area contributed by atoms with Crippen molar-refractivity contribution < 1.29 is 18.0 Å². The van der Waals surface area contributed by atoms with Crippen LogP contribution in [0, 0.1) is 6.92 Å². The minimum Gasteiger partial charge on any atom is -0.352 e. The number of carbonyl (C=O) groups is 2. The van der Waals surface area contributed by atoms with Crippen molar-refractivity contribution in [2.24, 2.45) is 0 Å². The first-order valence-electron chi connectivity index (χ1n) is 13.8. The van der Waals surface area contributed by atoms with Crippen molar-refractivity contribution in [1.29, 1.82) is 0 Å². The van der Waals surface area contributed by atoms with Crippen molar-refractivity contribution in [3.63, 3.8) is 0 Å². The molecule has 10 heteroatoms. The third-order valence-electron chi connectivity index (χ3n) is 7.42. The predicted octanol–water partition coefficient (Wildman–Crippen LogP) is 6.36. The summed E-state index contributed by atoms with van der Waals surface area (Å²) in [7, 11) is -4.11. The van der Waals surface area contributed by atoms with E-state index in [1.807, 2.05) is 13.0 Å². The second kappa shape index (κ2) is 13.7. The van der Waals surface area contributed by atoms with E-state index in [2.05, 4.69) is 5.32 Å². The fourth-order valence-electron chi connectivity index (χ4n) is 5.20. The standard InChI is InChI=1S/C31H35Cl2N3O4S/c1-3-28(31(38)34-24-12-8-9-13-24)35(20-23-17-18-26(32)27(33)19-23)30(37)21-36(29-16-10-7-11-22(29)2)41(39,40)25-14-5-4-6-15-25/h4-7,10-11,14-19,24,28H,3,8-9,12-13,20-21H2,1-2H3,(H,34,38)/t28-/m1/s1. The van der Waals surface area contributed by atoms with E-state index in [1.54, 1.807) is 61.5 Å². The van der Waals surface area contributed by atoms with Crippen molar-refractivity contribution in [3.8, 4) is 0 Å². The molecular weight excluding hydrogens is 581 g/mol. The lowest BCUT2D eigenvalue weighted by atomic mass is 10.1. The van der Waals surface area contributed by atoms with E-state index in [1.165, 1.54) is 17.0 Å². The minimum atomic E-state index is -4.11. The molecule has 2 amide bonds. The summed E-state index contributed by atoms with van der Waals surface area (Å²) < 4.78 is 29.0. The summed E-state index contributed by atoms with van der Waals surface area (Å²) in [6.07, 6.45) is 4.26. The number of nitrogens with zero attached hydrogens (tertiary/aromatic N) is 2. The van der Waals surface area contributed by atoms with E-state index in [9.17, 15) is 18.0 Å². The summed E-state index contributed by atoms with van der Waals surface area (Å²) >= 11 is 12.4. The average Bonchev–Trinajstić information content (AvgIpc) is 3.47. The van der Waals surface area contributed by atoms with Gasteiger partial charge in [0.2, 0.25) is 11.8 Å². The molecule has 1 aliphatic carbocycles. The quantitative estimate of drug-likeness (QED) is 0.272. The van der Waals surface area contributed by atoms with Gasteiger partial charge in [0.15, 0.2) is 0 Å². The van der Waals surface area contributed by atoms with Gasteiger partial charge >= 0.3 is 0 Å². The molecule has 1 atom stereocenters. The number of aryl methyl sites for hydroxylation is 1. The zero-order valence-corrected chi connectivity index (χ0v) is 25.6. The van der Waals surface area contributed by atoms with Gasteiger partial charge in [-0.05, 0) is 67.6 Å². The third-order valence-corrected chi connectivity index (χ3v) is 9.93. The molecule has 0 radical (unpaired) electrons. The summed E-state index contributed by atoms with van der Waals surface area (Å²) in [5, 5.41) is 3.81. The van der Waals surface area contributed by atoms with Crippen molar-refractivity contribution in [2.45, 2.75) is 69.5 Å². The second-order valence-corrected chi connectivity index (χ2v) is 13.0. The Hall–Kier alpha value is -3.07. The number of rotatable bonds is 11. The lowest BCUT2D eigenvalue weighted by Crippen LogP contribution is -2.53. The fraction of sp³-hybridized carbons (Fsp3) is 0.355. The van der Waals surface area contributed by atoms with Crippen LogP contribution in [0.15, 0.2) is 77.7 Å². The highest BCUT2D eigenvalue weighted by Gasteiger charge is 2.35. The van der Waals surface area contributed by atoms with E-state index >= 15 is 0 Å². The largest absolute Gasteiger partial charge is 0.352 e. The molecule has 0 aromatic heterocycles. The Bertz CT molecular complexity index is 1480. The number of sulfonamides is 1. The highest BCUT2D eigenvalue weighted by Crippen LogP contribution is 2.28. The number of benzene rings is 3. The Kier molecular flexibility index (Phi) is 10.3. The molecule has 0 saturated heterocycles. The first-order valence-corrected chi connectivity index (χ1v) is 16.0. The molecule has 1 saturated carbocycles. The third kappa shape index (κ3) is 7.42. The molecule has 7 nitrogen and oxygen atoms in total. The number of nitrogens with one attached hydrogen (secondary N) is 1. The Morgan fingerprint density at radius 1 is 0.951 bits per heavy atom. The van der Waals surface area contributed by atoms with Crippen LogP contribution in [0.4, 0.5) is 5.69 Å². The van der Waals surface area contributed by atoms with Gasteiger partial charge in [-0.1, -0.05) is 85.4 Å². The number of hydrogen-bond acceptors (Lipinski definition) is 4. The Morgan fingerprint density at radius 3 is 2.24 bits per heavy atom. The van der Waals surface area contributed by atoms with Crippen molar-refractivity contribution in [1.82, 2.24) is 10.2 Å². The zero-order valence-electron chi connectivity index (χ0n) is 23.2. The summed E-state index contributed by atoms with van der Waals surface area (Å²) in [5.74, 6) is -0.756. The van der Waals surface area contributed by atoms with Gasteiger partial charge in [-0.25, -0.2) is 8.42 Å². The van der Waals surface area contributed by atoms with Crippen molar-refractivity contribution >= 4 is 50.7 Å². The average molecular weight is 617 g/mol. The zero-order chi connectivity index (χ0) is 29.6. The molecule has 0 aliphatic heterocycles. The van der Waals surface area contributed by atoms with Gasteiger partial charge < -0.3 is 10.2 Å². The maximum absolute atomic E-state index is 14.2. The first-order chi connectivity index (χ1) is 19.6. The van der Waals surface area contributed by atoms with Gasteiger partial charge in [0.05, 0.1) is 20.6 Å². The minimum absolute atomic E-state index is 0.0549. The van der Waals surface area contributed by atoms with Crippen LogP contribution in [-0.4, -0.2) is 43.8 Å². The lowest BCUT2D eigenvalue weighted by molar-refractivity contribution is -0.140. The van der Waals surface area contributed by atoms with E-state index in [4.69, 9.17) is 23.2 Å². The smallest absolute Gasteiger partial charge is 0.264 e. The van der Waals surface area contributed by atoms with Crippen LogP contribution in [0.3, 0.4) is 0 Å². The SMILES string of the molecule is CC[C@H](C(=O)NC1CCCC1)N(Cc1ccc(Cl)c(Cl)c1)C(=O)CN(c1ccccc1C)S(=O)(=O)c1ccccc1. The Morgan fingerprint density at radius 2 is 1.61 bits per heavy atom. The molecule has 3 aromatic carbocycles. The first kappa shape index (κ1) is 30.9. The molecule has 0 unspecified atom stereocenters. The summed E-state index contributed by atoms with van der Waals surface area (Å²) in [5.41, 5.74) is 1.76. The molecule has 1 aliphatic rings. The van der Waals surface area contributed by atoms with E-state index in [0.29, 0.717) is 33.3 Å². The highest BCUT2D eigenvalue weighted by atomic mass is 35.5. The molecule has 0 spiro atoms. The van der Waals surface area contributed by atoms with E-state index < -0.39 is 28.5 Å². The van der Waals surface area contributed by atoms with Gasteiger partial charge in [0.1, 0.15) is 12.6 Å². The van der Waals surface area contributed by atoms with Gasteiger partial charge in [-0.2, -0.15) is 0 Å². The maximum atomic E-state index is 14.2. The van der Waals surface area contributed by atoms with E-state index in [0.717, 1.165) is 30.0 Å². The monoisotopic (exact) mass is 615 g/mol. The molecule has 41 heavy (non-hydrogen) atoms. The van der Waals surface area contributed by atoms with Crippen LogP contribution in [0.5, 0.6) is 0 Å². The number of halogens is 2. The molecule has 0 bridgehead atoms. The molecule has 4 rings (SSSR count). The normalized spacial score (nSPS) is 14.4. The molecule has 218 valence electrons. The van der Waals surface area contributed by atoms with Crippen LogP contribution >= 0.6 is 23.2 Å². The van der Waals surface area contributed by atoms with Crippen LogP contribution in [0.1, 0.15) is 50.2 Å². The summed E-state index contributed by atoms with van der Waals surface area (Å²) in [6, 6.07) is 19.3. The molecule has 1 fully saturated rings. The van der Waals surface area contributed by atoms with Crippen LogP contribution < -0.4 is 9.62 Å². The number of anilines is 1. The fourth-order valence-corrected chi connectivity index (χ4v) is 7.02. The molecule has 3 aromatic rings. The van der Waals surface area contributed by atoms with Crippen LogP contribution in [0.2, 0.25) is 10.0 Å². The number of amides is 2. The molecule has 0 heterocycles. The van der Waals surface area contributed by atoms with Gasteiger partial charge in [0, 0.05) is 12.6 Å². The van der Waals surface area contributed by atoms with Crippen LogP contribution in [-0.2, 0) is 26.2 Å². The van der Waals surface area contributed by atoms with E-state index in [-0.39, 0.29) is 23.4 Å². The van der Waals surface area contributed by atoms with Gasteiger partial charge in [0.25, 0.3) is 10.0 Å². The van der Waals surface area contributed by atoms with Gasteiger partial charge in [-0.15, -0.1) is 0 Å². The summed E-state index contributed by atoms with van der Waals surface area (Å²) in [6.45, 7) is 3.20. The van der Waals surface area contributed by atoms with Gasteiger partial charge in [-0.3, -0.25) is 13.9 Å². The predicted molar refractivity (Wildman–Crippen MR) is 164 cm³/mol. The maximum Gasteiger partial charge on any atom is 0.264 e. The topological polar surface area (TPSA) is 86.8 Å². The molecule has 1 N–H and O–H groups in total. The van der Waals surface area contributed by atoms with Crippen LogP contribution in [0.25, 0.3) is 0 Å². The Balaban J connectivity index is 1.73. The number of para-hydroxylation sites is 1. The van der Waals surface area contributed by atoms with Crippen molar-refractivity contribution in [2.75, 3.05) is 10.8 Å². The van der Waals surface area contributed by atoms with Crippen molar-refractivity contribution in [3.05, 3.63) is 94.0 Å². The second-order valence-electron chi connectivity index (χ2n) is 10.3.